The van der Waals surface area contributed by atoms with E-state index in [4.69, 9.17) is 9.84 Å². The zero-order chi connectivity index (χ0) is 12.3. The molecule has 16 heavy (non-hydrogen) atoms. The molecule has 0 aromatic carbocycles. The van der Waals surface area contributed by atoms with Crippen LogP contribution in [0.3, 0.4) is 0 Å². The van der Waals surface area contributed by atoms with Crippen LogP contribution < -0.4 is 5.32 Å². The van der Waals surface area contributed by atoms with E-state index in [1.807, 2.05) is 6.92 Å². The third kappa shape index (κ3) is 2.95. The average molecular weight is 229 g/mol. The zero-order valence-corrected chi connectivity index (χ0v) is 9.95. The number of hydrogen-bond donors (Lipinski definition) is 2. The minimum absolute atomic E-state index is 0.119. The van der Waals surface area contributed by atoms with Crippen molar-refractivity contribution in [3.05, 3.63) is 0 Å². The second-order valence-electron chi connectivity index (χ2n) is 4.96. The third-order valence-electron chi connectivity index (χ3n) is 2.93. The highest BCUT2D eigenvalue weighted by atomic mass is 16.5. The smallest absolute Gasteiger partial charge is 0.310 e. The number of rotatable bonds is 4. The number of aliphatic carboxylic acids is 1. The molecule has 2 N–H and O–H groups in total. The molecule has 1 aliphatic heterocycles. The molecule has 0 saturated carbocycles. The first-order valence-electron chi connectivity index (χ1n) is 5.47. The number of carboxylic acids is 1. The van der Waals surface area contributed by atoms with Crippen molar-refractivity contribution in [3.8, 4) is 0 Å². The average Bonchev–Trinajstić information content (AvgIpc) is 2.61. The Hall–Kier alpha value is -1.10. The minimum Gasteiger partial charge on any atom is -0.481 e. The summed E-state index contributed by atoms with van der Waals surface area (Å²) in [4.78, 5) is 22.5. The summed E-state index contributed by atoms with van der Waals surface area (Å²) in [6.45, 7) is 5.83. The van der Waals surface area contributed by atoms with Gasteiger partial charge in [0.25, 0.3) is 0 Å². The molecule has 0 bridgehead atoms. The summed E-state index contributed by atoms with van der Waals surface area (Å²) in [5.74, 6) is -0.930. The maximum atomic E-state index is 11.7. The molecule has 2 atom stereocenters. The SMILES string of the molecule is CC1CCOC1C(=O)NCC(C)(C)C(=O)O. The molecule has 1 rings (SSSR count). The molecule has 5 heteroatoms. The van der Waals surface area contributed by atoms with Crippen molar-refractivity contribution < 1.29 is 19.4 Å². The third-order valence-corrected chi connectivity index (χ3v) is 2.93. The summed E-state index contributed by atoms with van der Waals surface area (Å²) in [5, 5.41) is 11.5. The van der Waals surface area contributed by atoms with Crippen molar-refractivity contribution in [1.29, 1.82) is 0 Å². The number of carbonyl (C=O) groups excluding carboxylic acids is 1. The summed E-state index contributed by atoms with van der Waals surface area (Å²) < 4.78 is 5.29. The second kappa shape index (κ2) is 4.82. The highest BCUT2D eigenvalue weighted by molar-refractivity contribution is 5.82. The fraction of sp³-hybridized carbons (Fsp3) is 0.818. The zero-order valence-electron chi connectivity index (χ0n) is 9.95. The molecule has 1 saturated heterocycles. The maximum Gasteiger partial charge on any atom is 0.310 e. The van der Waals surface area contributed by atoms with Gasteiger partial charge in [-0.05, 0) is 26.2 Å². The number of carbonyl (C=O) groups is 2. The molecule has 92 valence electrons. The van der Waals surface area contributed by atoms with E-state index in [1.165, 1.54) is 0 Å². The first kappa shape index (κ1) is 13.0. The van der Waals surface area contributed by atoms with Crippen LogP contribution in [-0.4, -0.2) is 36.2 Å². The number of amides is 1. The van der Waals surface area contributed by atoms with E-state index in [0.29, 0.717) is 6.61 Å². The normalized spacial score (nSPS) is 25.4. The summed E-state index contributed by atoms with van der Waals surface area (Å²) in [6.07, 6.45) is 0.449. The number of ether oxygens (including phenoxy) is 1. The molecule has 0 radical (unpaired) electrons. The van der Waals surface area contributed by atoms with Gasteiger partial charge in [0.15, 0.2) is 0 Å². The van der Waals surface area contributed by atoms with E-state index in [2.05, 4.69) is 5.32 Å². The van der Waals surface area contributed by atoms with Gasteiger partial charge in [0.05, 0.1) is 5.41 Å². The van der Waals surface area contributed by atoms with Gasteiger partial charge in [-0.2, -0.15) is 0 Å². The van der Waals surface area contributed by atoms with E-state index >= 15 is 0 Å². The van der Waals surface area contributed by atoms with Gasteiger partial charge in [-0.15, -0.1) is 0 Å². The van der Waals surface area contributed by atoms with Crippen LogP contribution in [0.25, 0.3) is 0 Å². The molecule has 0 aliphatic carbocycles. The fourth-order valence-electron chi connectivity index (χ4n) is 1.51. The van der Waals surface area contributed by atoms with Crippen molar-refractivity contribution in [3.63, 3.8) is 0 Å². The highest BCUT2D eigenvalue weighted by Gasteiger charge is 2.33. The predicted molar refractivity (Wildman–Crippen MR) is 57.9 cm³/mol. The summed E-state index contributed by atoms with van der Waals surface area (Å²) in [6, 6.07) is 0. The van der Waals surface area contributed by atoms with Gasteiger partial charge < -0.3 is 15.2 Å². The molecule has 1 aliphatic rings. The molecule has 5 nitrogen and oxygen atoms in total. The van der Waals surface area contributed by atoms with Gasteiger partial charge in [-0.25, -0.2) is 0 Å². The predicted octanol–water partition coefficient (Wildman–Crippen LogP) is 0.638. The van der Waals surface area contributed by atoms with Crippen molar-refractivity contribution in [1.82, 2.24) is 5.32 Å². The van der Waals surface area contributed by atoms with Gasteiger partial charge in [-0.1, -0.05) is 6.92 Å². The molecule has 1 fully saturated rings. The molecule has 1 amide bonds. The summed E-state index contributed by atoms with van der Waals surface area (Å²) in [7, 11) is 0. The van der Waals surface area contributed by atoms with E-state index < -0.39 is 17.5 Å². The monoisotopic (exact) mass is 229 g/mol. The van der Waals surface area contributed by atoms with Crippen LogP contribution in [0, 0.1) is 11.3 Å². The van der Waals surface area contributed by atoms with Crippen molar-refractivity contribution >= 4 is 11.9 Å². The van der Waals surface area contributed by atoms with Gasteiger partial charge in [0.2, 0.25) is 5.91 Å². The summed E-state index contributed by atoms with van der Waals surface area (Å²) >= 11 is 0. The lowest BCUT2D eigenvalue weighted by Gasteiger charge is -2.21. The number of nitrogens with one attached hydrogen (secondary N) is 1. The Balaban J connectivity index is 2.44. The lowest BCUT2D eigenvalue weighted by atomic mass is 9.93. The van der Waals surface area contributed by atoms with Crippen molar-refractivity contribution in [2.45, 2.75) is 33.3 Å². The van der Waals surface area contributed by atoms with Crippen LogP contribution in [0.4, 0.5) is 0 Å². The Morgan fingerprint density at radius 1 is 1.50 bits per heavy atom. The van der Waals surface area contributed by atoms with Gasteiger partial charge in [-0.3, -0.25) is 9.59 Å². The summed E-state index contributed by atoms with van der Waals surface area (Å²) in [5.41, 5.74) is -0.947. The van der Waals surface area contributed by atoms with E-state index in [1.54, 1.807) is 13.8 Å². The number of carboxylic acid groups (broad SMARTS) is 1. The Bertz CT molecular complexity index is 288. The molecule has 2 unspecified atom stereocenters. The van der Waals surface area contributed by atoms with Gasteiger partial charge in [0, 0.05) is 13.2 Å². The largest absolute Gasteiger partial charge is 0.481 e. The van der Waals surface area contributed by atoms with E-state index in [-0.39, 0.29) is 18.4 Å². The Labute approximate surface area is 95.2 Å². The van der Waals surface area contributed by atoms with Crippen LogP contribution in [0.5, 0.6) is 0 Å². The molecule has 1 heterocycles. The lowest BCUT2D eigenvalue weighted by Crippen LogP contribution is -2.44. The van der Waals surface area contributed by atoms with Crippen LogP contribution in [0.2, 0.25) is 0 Å². The van der Waals surface area contributed by atoms with Crippen LogP contribution >= 0.6 is 0 Å². The fourth-order valence-corrected chi connectivity index (χ4v) is 1.51. The van der Waals surface area contributed by atoms with Crippen LogP contribution in [-0.2, 0) is 14.3 Å². The molecular formula is C11H19NO4. The quantitative estimate of drug-likeness (QED) is 0.741. The lowest BCUT2D eigenvalue weighted by molar-refractivity contribution is -0.147. The van der Waals surface area contributed by atoms with Gasteiger partial charge in [0.1, 0.15) is 6.10 Å². The standard InChI is InChI=1S/C11H19NO4/c1-7-4-5-16-8(7)9(13)12-6-11(2,3)10(14)15/h7-8H,4-6H2,1-3H3,(H,12,13)(H,14,15). The maximum absolute atomic E-state index is 11.7. The van der Waals surface area contributed by atoms with Crippen molar-refractivity contribution in [2.24, 2.45) is 11.3 Å². The molecule has 0 spiro atoms. The second-order valence-corrected chi connectivity index (χ2v) is 4.96. The first-order valence-corrected chi connectivity index (χ1v) is 5.47. The van der Waals surface area contributed by atoms with Gasteiger partial charge >= 0.3 is 5.97 Å². The first-order chi connectivity index (χ1) is 7.34. The van der Waals surface area contributed by atoms with Crippen LogP contribution in [0.1, 0.15) is 27.2 Å². The topological polar surface area (TPSA) is 75.6 Å². The van der Waals surface area contributed by atoms with Crippen molar-refractivity contribution in [2.75, 3.05) is 13.2 Å². The highest BCUT2D eigenvalue weighted by Crippen LogP contribution is 2.20. The van der Waals surface area contributed by atoms with E-state index in [9.17, 15) is 9.59 Å². The van der Waals surface area contributed by atoms with Crippen LogP contribution in [0.15, 0.2) is 0 Å². The number of hydrogen-bond acceptors (Lipinski definition) is 3. The molecule has 0 aromatic rings. The minimum atomic E-state index is -0.947. The van der Waals surface area contributed by atoms with E-state index in [0.717, 1.165) is 6.42 Å². The Kier molecular flexibility index (Phi) is 3.91. The molecular weight excluding hydrogens is 210 g/mol. The molecule has 0 aromatic heterocycles. The Morgan fingerprint density at radius 2 is 2.12 bits per heavy atom. The Morgan fingerprint density at radius 3 is 2.56 bits per heavy atom.